The summed E-state index contributed by atoms with van der Waals surface area (Å²) >= 11 is 11.2. The van der Waals surface area contributed by atoms with Crippen molar-refractivity contribution in [1.29, 1.82) is 0 Å². The maximum Gasteiger partial charge on any atom is 0.0325 e. The molecular weight excluding hydrogens is 517 g/mol. The lowest BCUT2D eigenvalue weighted by molar-refractivity contribution is 1.36. The molecule has 0 unspecified atom stereocenters. The Labute approximate surface area is 116 Å². The van der Waals surface area contributed by atoms with Crippen molar-refractivity contribution in [3.8, 4) is 0 Å². The van der Waals surface area contributed by atoms with Crippen LogP contribution in [0.2, 0.25) is 0 Å². The van der Waals surface area contributed by atoms with Gasteiger partial charge in [0.1, 0.15) is 0 Å². The zero-order valence-electron chi connectivity index (χ0n) is 5.14. The van der Waals surface area contributed by atoms with E-state index in [0.717, 1.165) is 0 Å². The molecule has 0 aromatic heterocycles. The van der Waals surface area contributed by atoms with Crippen molar-refractivity contribution >= 4 is 90.2 Å². The normalized spacial score (nSPS) is 10.2. The standard InChI is InChI=1S/C6H3I3S2/c7-3-1-5(9)6(11-10)2-4(3)8/h1-2,10H. The third-order valence-corrected chi connectivity index (χ3v) is 6.27. The Kier molecular flexibility index (Phi) is 5.19. The van der Waals surface area contributed by atoms with Gasteiger partial charge in [0.15, 0.2) is 0 Å². The van der Waals surface area contributed by atoms with E-state index in [2.05, 4.69) is 91.6 Å². The summed E-state index contributed by atoms with van der Waals surface area (Å²) in [7, 11) is 1.50. The molecule has 1 rings (SSSR count). The highest BCUT2D eigenvalue weighted by Gasteiger charge is 2.02. The molecule has 1 aromatic rings. The van der Waals surface area contributed by atoms with Gasteiger partial charge >= 0.3 is 0 Å². The number of thiol groups is 1. The molecule has 0 saturated heterocycles. The number of hydrogen-bond acceptors (Lipinski definition) is 2. The van der Waals surface area contributed by atoms with Crippen LogP contribution in [0.5, 0.6) is 0 Å². The van der Waals surface area contributed by atoms with Crippen LogP contribution in [0, 0.1) is 10.7 Å². The van der Waals surface area contributed by atoms with Crippen LogP contribution >= 0.6 is 90.2 Å². The fourth-order valence-electron chi connectivity index (χ4n) is 0.574. The molecule has 0 aliphatic carbocycles. The number of halogens is 3. The van der Waals surface area contributed by atoms with E-state index in [0.29, 0.717) is 0 Å². The first kappa shape index (κ1) is 11.2. The van der Waals surface area contributed by atoms with Gasteiger partial charge in [-0.05, 0) is 79.9 Å². The van der Waals surface area contributed by atoms with Crippen LogP contribution < -0.4 is 0 Å². The van der Waals surface area contributed by atoms with Crippen LogP contribution in [-0.2, 0) is 0 Å². The summed E-state index contributed by atoms with van der Waals surface area (Å²) in [6.07, 6.45) is 0. The van der Waals surface area contributed by atoms with Crippen LogP contribution in [-0.4, -0.2) is 0 Å². The Hall–Kier alpha value is 2.11. The summed E-state index contributed by atoms with van der Waals surface area (Å²) in [5.41, 5.74) is 0. The summed E-state index contributed by atoms with van der Waals surface area (Å²) in [6.45, 7) is 0. The highest BCUT2D eigenvalue weighted by atomic mass is 127. The molecule has 0 aliphatic heterocycles. The molecule has 0 amide bonds. The molecule has 60 valence electrons. The van der Waals surface area contributed by atoms with Gasteiger partial charge in [-0.3, -0.25) is 0 Å². The van der Waals surface area contributed by atoms with Crippen molar-refractivity contribution in [2.75, 3.05) is 0 Å². The number of rotatable bonds is 1. The minimum atomic E-state index is 1.23. The molecule has 0 spiro atoms. The number of benzene rings is 1. The summed E-state index contributed by atoms with van der Waals surface area (Å²) in [5.74, 6) is 0. The van der Waals surface area contributed by atoms with Crippen molar-refractivity contribution < 1.29 is 0 Å². The van der Waals surface area contributed by atoms with Crippen LogP contribution in [0.15, 0.2) is 17.0 Å². The van der Waals surface area contributed by atoms with Crippen LogP contribution in [0.25, 0.3) is 0 Å². The second-order valence-electron chi connectivity index (χ2n) is 1.79. The fraction of sp³-hybridized carbons (Fsp3) is 0. The Morgan fingerprint density at radius 2 is 1.55 bits per heavy atom. The van der Waals surface area contributed by atoms with Gasteiger partial charge in [-0.15, -0.1) is 11.7 Å². The first-order chi connectivity index (χ1) is 5.15. The third kappa shape index (κ3) is 3.06. The van der Waals surface area contributed by atoms with Gasteiger partial charge in [0.25, 0.3) is 0 Å². The molecule has 0 bridgehead atoms. The molecule has 0 nitrogen and oxygen atoms in total. The summed E-state index contributed by atoms with van der Waals surface area (Å²) in [4.78, 5) is 1.23. The molecule has 0 N–H and O–H groups in total. The lowest BCUT2D eigenvalue weighted by Crippen LogP contribution is -1.83. The summed E-state index contributed by atoms with van der Waals surface area (Å²) in [6, 6.07) is 4.32. The van der Waals surface area contributed by atoms with Gasteiger partial charge in [-0.2, -0.15) is 0 Å². The van der Waals surface area contributed by atoms with E-state index in [1.165, 1.54) is 26.4 Å². The van der Waals surface area contributed by atoms with E-state index in [1.54, 1.807) is 0 Å². The smallest absolute Gasteiger partial charge is 0.0325 e. The van der Waals surface area contributed by atoms with E-state index < -0.39 is 0 Å². The topological polar surface area (TPSA) is 0 Å². The largest absolute Gasteiger partial charge is 0.106 e. The van der Waals surface area contributed by atoms with E-state index in [1.807, 2.05) is 0 Å². The lowest BCUT2D eigenvalue weighted by Gasteiger charge is -2.02. The lowest BCUT2D eigenvalue weighted by atomic mass is 10.4. The van der Waals surface area contributed by atoms with Gasteiger partial charge < -0.3 is 0 Å². The minimum Gasteiger partial charge on any atom is -0.106 e. The van der Waals surface area contributed by atoms with Crippen molar-refractivity contribution in [2.45, 2.75) is 4.90 Å². The Bertz CT molecular complexity index is 275. The third-order valence-electron chi connectivity index (χ3n) is 1.07. The SMILES string of the molecule is SSc1cc(I)c(I)cc1I. The Morgan fingerprint density at radius 3 is 2.09 bits per heavy atom. The molecule has 0 heterocycles. The second-order valence-corrected chi connectivity index (χ2v) is 6.44. The van der Waals surface area contributed by atoms with Crippen molar-refractivity contribution in [1.82, 2.24) is 0 Å². The van der Waals surface area contributed by atoms with E-state index in [9.17, 15) is 0 Å². The van der Waals surface area contributed by atoms with Gasteiger partial charge in [-0.25, -0.2) is 0 Å². The Balaban J connectivity index is 3.21. The monoisotopic (exact) mass is 520 g/mol. The van der Waals surface area contributed by atoms with E-state index in [4.69, 9.17) is 0 Å². The van der Waals surface area contributed by atoms with Crippen LogP contribution in [0.1, 0.15) is 0 Å². The van der Waals surface area contributed by atoms with Gasteiger partial charge in [-0.1, -0.05) is 10.8 Å². The van der Waals surface area contributed by atoms with E-state index in [-0.39, 0.29) is 0 Å². The quantitative estimate of drug-likeness (QED) is 0.248. The van der Waals surface area contributed by atoms with Crippen LogP contribution in [0.4, 0.5) is 0 Å². The highest BCUT2D eigenvalue weighted by molar-refractivity contribution is 14.1. The molecule has 11 heavy (non-hydrogen) atoms. The zero-order chi connectivity index (χ0) is 8.43. The summed E-state index contributed by atoms with van der Waals surface area (Å²) < 4.78 is 3.87. The zero-order valence-corrected chi connectivity index (χ0v) is 13.3. The van der Waals surface area contributed by atoms with Crippen molar-refractivity contribution in [2.24, 2.45) is 0 Å². The predicted octanol–water partition coefficient (Wildman–Crippen LogP) is 4.44. The molecule has 5 heteroatoms. The van der Waals surface area contributed by atoms with Gasteiger partial charge in [0, 0.05) is 15.6 Å². The van der Waals surface area contributed by atoms with Crippen LogP contribution in [0.3, 0.4) is 0 Å². The molecule has 0 radical (unpaired) electrons. The Morgan fingerprint density at radius 1 is 1.00 bits per heavy atom. The predicted molar refractivity (Wildman–Crippen MR) is 79.4 cm³/mol. The van der Waals surface area contributed by atoms with Gasteiger partial charge in [0.2, 0.25) is 0 Å². The van der Waals surface area contributed by atoms with Crippen molar-refractivity contribution in [3.05, 3.63) is 22.8 Å². The molecule has 0 atom stereocenters. The first-order valence-electron chi connectivity index (χ1n) is 2.61. The number of hydrogen-bond donors (Lipinski definition) is 1. The van der Waals surface area contributed by atoms with E-state index >= 15 is 0 Å². The average molecular weight is 520 g/mol. The fourth-order valence-corrected chi connectivity index (χ4v) is 4.41. The molecular formula is C6H3I3S2. The second kappa shape index (κ2) is 5.11. The van der Waals surface area contributed by atoms with Gasteiger partial charge in [0.05, 0.1) is 0 Å². The minimum absolute atomic E-state index is 1.23. The molecule has 0 aliphatic rings. The maximum absolute atomic E-state index is 4.17. The highest BCUT2D eigenvalue weighted by Crippen LogP contribution is 2.30. The first-order valence-corrected chi connectivity index (χ1v) is 7.71. The summed E-state index contributed by atoms with van der Waals surface area (Å²) in [5, 5.41) is 0. The molecule has 0 saturated carbocycles. The maximum atomic E-state index is 4.17. The van der Waals surface area contributed by atoms with Crippen molar-refractivity contribution in [3.63, 3.8) is 0 Å². The molecule has 1 aromatic carbocycles. The average Bonchev–Trinajstić information content (AvgIpc) is 1.97. The molecule has 0 fully saturated rings.